The average Bonchev–Trinajstić information content (AvgIpc) is 2.52. The third-order valence-corrected chi connectivity index (χ3v) is 5.32. The second kappa shape index (κ2) is 8.84. The lowest BCUT2D eigenvalue weighted by Gasteiger charge is -2.34. The number of aryl methyl sites for hydroxylation is 1. The van der Waals surface area contributed by atoms with Crippen molar-refractivity contribution in [1.29, 1.82) is 0 Å². The van der Waals surface area contributed by atoms with E-state index in [9.17, 15) is 4.79 Å². The fourth-order valence-electron chi connectivity index (χ4n) is 3.45. The van der Waals surface area contributed by atoms with Crippen LogP contribution in [0.3, 0.4) is 0 Å². The minimum absolute atomic E-state index is 0. The number of halogens is 1. The first-order valence-electron chi connectivity index (χ1n) is 8.81. The van der Waals surface area contributed by atoms with Crippen molar-refractivity contribution in [2.75, 3.05) is 26.2 Å². The second-order valence-corrected chi connectivity index (χ2v) is 7.06. The summed E-state index contributed by atoms with van der Waals surface area (Å²) in [6.07, 6.45) is 2.29. The Labute approximate surface area is 151 Å². The number of amides is 1. The lowest BCUT2D eigenvalue weighted by atomic mass is 9.87. The molecule has 2 N–H and O–H groups in total. The first kappa shape index (κ1) is 19.2. The standard InChI is InChI=1S/C19H28N2O2.ClH/c1-13-5-7-15(8-6-13)18-16(4-3-9-23-18)12-21-19(22)14(2)17-10-20-11-17;/h5-8,14,16-18,20H,3-4,9-12H2,1-2H3,(H,21,22);1H. The van der Waals surface area contributed by atoms with E-state index in [1.54, 1.807) is 0 Å². The molecular weight excluding hydrogens is 324 g/mol. The minimum atomic E-state index is 0. The minimum Gasteiger partial charge on any atom is -0.373 e. The molecule has 3 atom stereocenters. The maximum absolute atomic E-state index is 12.3. The molecule has 5 heteroatoms. The third kappa shape index (κ3) is 4.50. The van der Waals surface area contributed by atoms with Gasteiger partial charge in [0.25, 0.3) is 0 Å². The normalized spacial score (nSPS) is 25.2. The van der Waals surface area contributed by atoms with Gasteiger partial charge in [0.1, 0.15) is 0 Å². The van der Waals surface area contributed by atoms with E-state index < -0.39 is 0 Å². The lowest BCUT2D eigenvalue weighted by molar-refractivity contribution is -0.127. The number of hydrogen-bond donors (Lipinski definition) is 2. The summed E-state index contributed by atoms with van der Waals surface area (Å²) in [5.74, 6) is 1.14. The highest BCUT2D eigenvalue weighted by molar-refractivity contribution is 5.85. The Morgan fingerprint density at radius 2 is 2.04 bits per heavy atom. The molecule has 1 aromatic rings. The Kier molecular flexibility index (Phi) is 7.08. The fraction of sp³-hybridized carbons (Fsp3) is 0.632. The van der Waals surface area contributed by atoms with Crippen molar-refractivity contribution in [3.05, 3.63) is 35.4 Å². The average molecular weight is 353 g/mol. The lowest BCUT2D eigenvalue weighted by Crippen LogP contribution is -2.50. The SMILES string of the molecule is Cc1ccc(C2OCCCC2CNC(=O)C(C)C2CNC2)cc1.Cl. The Balaban J connectivity index is 0.00000208. The smallest absolute Gasteiger partial charge is 0.223 e. The summed E-state index contributed by atoms with van der Waals surface area (Å²) in [5.41, 5.74) is 2.49. The summed E-state index contributed by atoms with van der Waals surface area (Å²) in [6.45, 7) is 7.59. The third-order valence-electron chi connectivity index (χ3n) is 5.32. The van der Waals surface area contributed by atoms with E-state index in [4.69, 9.17) is 4.74 Å². The quantitative estimate of drug-likeness (QED) is 0.856. The Hall–Kier alpha value is -1.10. The van der Waals surface area contributed by atoms with Gasteiger partial charge in [-0.3, -0.25) is 4.79 Å². The first-order valence-corrected chi connectivity index (χ1v) is 8.81. The number of benzene rings is 1. The zero-order valence-electron chi connectivity index (χ0n) is 14.6. The van der Waals surface area contributed by atoms with Crippen LogP contribution in [0.4, 0.5) is 0 Å². The molecule has 24 heavy (non-hydrogen) atoms. The summed E-state index contributed by atoms with van der Waals surface area (Å²) in [6, 6.07) is 8.58. The number of carbonyl (C=O) groups is 1. The molecule has 4 nitrogen and oxygen atoms in total. The molecule has 0 radical (unpaired) electrons. The van der Waals surface area contributed by atoms with Crippen molar-refractivity contribution in [2.45, 2.75) is 32.8 Å². The Bertz CT molecular complexity index is 531. The molecule has 0 saturated carbocycles. The molecule has 2 heterocycles. The molecule has 2 aliphatic rings. The van der Waals surface area contributed by atoms with Gasteiger partial charge in [-0.1, -0.05) is 36.8 Å². The fourth-order valence-corrected chi connectivity index (χ4v) is 3.45. The Morgan fingerprint density at radius 1 is 1.33 bits per heavy atom. The van der Waals surface area contributed by atoms with Crippen molar-refractivity contribution in [3.63, 3.8) is 0 Å². The number of carbonyl (C=O) groups excluding carboxylic acids is 1. The largest absolute Gasteiger partial charge is 0.373 e. The molecular formula is C19H29ClN2O2. The molecule has 0 bridgehead atoms. The molecule has 1 amide bonds. The van der Waals surface area contributed by atoms with Gasteiger partial charge in [-0.05, 0) is 44.3 Å². The van der Waals surface area contributed by atoms with Crippen molar-refractivity contribution >= 4 is 18.3 Å². The summed E-state index contributed by atoms with van der Waals surface area (Å²) >= 11 is 0. The van der Waals surface area contributed by atoms with Gasteiger partial charge < -0.3 is 15.4 Å². The van der Waals surface area contributed by atoms with Crippen molar-refractivity contribution in [2.24, 2.45) is 17.8 Å². The molecule has 2 saturated heterocycles. The first-order chi connectivity index (χ1) is 11.1. The molecule has 0 aliphatic carbocycles. The second-order valence-electron chi connectivity index (χ2n) is 7.06. The summed E-state index contributed by atoms with van der Waals surface area (Å²) < 4.78 is 6.03. The monoisotopic (exact) mass is 352 g/mol. The van der Waals surface area contributed by atoms with E-state index >= 15 is 0 Å². The highest BCUT2D eigenvalue weighted by Crippen LogP contribution is 2.33. The van der Waals surface area contributed by atoms with E-state index in [-0.39, 0.29) is 30.3 Å². The van der Waals surface area contributed by atoms with Crippen LogP contribution < -0.4 is 10.6 Å². The van der Waals surface area contributed by atoms with Gasteiger partial charge in [-0.25, -0.2) is 0 Å². The molecule has 3 rings (SSSR count). The van der Waals surface area contributed by atoms with E-state index in [2.05, 4.69) is 41.8 Å². The van der Waals surface area contributed by atoms with Gasteiger partial charge in [0, 0.05) is 25.0 Å². The van der Waals surface area contributed by atoms with Crippen LogP contribution in [0.2, 0.25) is 0 Å². The highest BCUT2D eigenvalue weighted by atomic mass is 35.5. The van der Waals surface area contributed by atoms with Crippen LogP contribution in [0.25, 0.3) is 0 Å². The van der Waals surface area contributed by atoms with Crippen LogP contribution in [-0.4, -0.2) is 32.1 Å². The van der Waals surface area contributed by atoms with Gasteiger partial charge in [-0.2, -0.15) is 0 Å². The van der Waals surface area contributed by atoms with Crippen molar-refractivity contribution in [1.82, 2.24) is 10.6 Å². The predicted molar refractivity (Wildman–Crippen MR) is 98.4 cm³/mol. The number of hydrogen-bond acceptors (Lipinski definition) is 3. The van der Waals surface area contributed by atoms with Crippen LogP contribution in [0.15, 0.2) is 24.3 Å². The van der Waals surface area contributed by atoms with E-state index in [0.29, 0.717) is 18.4 Å². The van der Waals surface area contributed by atoms with Crippen LogP contribution >= 0.6 is 12.4 Å². The maximum Gasteiger partial charge on any atom is 0.223 e. The van der Waals surface area contributed by atoms with Gasteiger partial charge in [0.05, 0.1) is 6.10 Å². The summed E-state index contributed by atoms with van der Waals surface area (Å²) in [5, 5.41) is 6.40. The Morgan fingerprint density at radius 3 is 2.67 bits per heavy atom. The zero-order chi connectivity index (χ0) is 16.2. The van der Waals surface area contributed by atoms with Gasteiger partial charge >= 0.3 is 0 Å². The van der Waals surface area contributed by atoms with Crippen molar-refractivity contribution in [3.8, 4) is 0 Å². The number of nitrogens with one attached hydrogen (secondary N) is 2. The predicted octanol–water partition coefficient (Wildman–Crippen LogP) is 2.86. The topological polar surface area (TPSA) is 50.4 Å². The molecule has 3 unspecified atom stereocenters. The zero-order valence-corrected chi connectivity index (χ0v) is 15.4. The number of ether oxygens (including phenoxy) is 1. The van der Waals surface area contributed by atoms with Gasteiger partial charge in [-0.15, -0.1) is 12.4 Å². The summed E-state index contributed by atoms with van der Waals surface area (Å²) in [7, 11) is 0. The maximum atomic E-state index is 12.3. The van der Waals surface area contributed by atoms with E-state index in [0.717, 1.165) is 32.5 Å². The summed E-state index contributed by atoms with van der Waals surface area (Å²) in [4.78, 5) is 12.3. The molecule has 2 fully saturated rings. The van der Waals surface area contributed by atoms with Crippen LogP contribution in [0.5, 0.6) is 0 Å². The molecule has 0 aromatic heterocycles. The molecule has 1 aromatic carbocycles. The van der Waals surface area contributed by atoms with Crippen LogP contribution in [0.1, 0.15) is 37.0 Å². The van der Waals surface area contributed by atoms with E-state index in [1.807, 2.05) is 6.92 Å². The van der Waals surface area contributed by atoms with Crippen LogP contribution in [-0.2, 0) is 9.53 Å². The van der Waals surface area contributed by atoms with Gasteiger partial charge in [0.15, 0.2) is 0 Å². The van der Waals surface area contributed by atoms with E-state index in [1.165, 1.54) is 11.1 Å². The highest BCUT2D eigenvalue weighted by Gasteiger charge is 2.31. The molecule has 2 aliphatic heterocycles. The van der Waals surface area contributed by atoms with Crippen LogP contribution in [0, 0.1) is 24.7 Å². The van der Waals surface area contributed by atoms with Crippen molar-refractivity contribution < 1.29 is 9.53 Å². The molecule has 0 spiro atoms. The molecule has 134 valence electrons. The van der Waals surface area contributed by atoms with Gasteiger partial charge in [0.2, 0.25) is 5.91 Å². The number of rotatable bonds is 5.